The summed E-state index contributed by atoms with van der Waals surface area (Å²) in [5.74, 6) is 0.891. The molecule has 0 aromatic heterocycles. The number of carbonyl (C=O) groups excluding carboxylic acids is 1. The van der Waals surface area contributed by atoms with Gasteiger partial charge in [0.25, 0.3) is 5.69 Å². The molecule has 29 heavy (non-hydrogen) atoms. The zero-order valence-electron chi connectivity index (χ0n) is 16.5. The van der Waals surface area contributed by atoms with Crippen molar-refractivity contribution in [2.45, 2.75) is 38.0 Å². The Kier molecular flexibility index (Phi) is 7.74. The molecule has 9 heteroatoms. The van der Waals surface area contributed by atoms with Crippen molar-refractivity contribution in [3.8, 4) is 5.75 Å². The van der Waals surface area contributed by atoms with Gasteiger partial charge in [-0.15, -0.1) is 0 Å². The second-order valence-corrected chi connectivity index (χ2v) is 7.00. The Morgan fingerprint density at radius 1 is 1.48 bits per heavy atom. The molecule has 0 saturated carbocycles. The van der Waals surface area contributed by atoms with E-state index in [1.807, 2.05) is 0 Å². The van der Waals surface area contributed by atoms with Crippen LogP contribution in [0.15, 0.2) is 42.9 Å². The minimum absolute atomic E-state index is 0.0954. The van der Waals surface area contributed by atoms with Crippen molar-refractivity contribution in [1.29, 1.82) is 0 Å². The molecule has 0 spiro atoms. The molecule has 1 aliphatic heterocycles. The average molecular weight is 406 g/mol. The van der Waals surface area contributed by atoms with Gasteiger partial charge in [-0.25, -0.2) is 0 Å². The lowest BCUT2D eigenvalue weighted by atomic mass is 9.86. The summed E-state index contributed by atoms with van der Waals surface area (Å²) < 4.78 is 16.7. The number of benzene rings is 1. The highest BCUT2D eigenvalue weighted by atomic mass is 16.6. The van der Waals surface area contributed by atoms with Crippen molar-refractivity contribution >= 4 is 12.0 Å². The first-order valence-electron chi connectivity index (χ1n) is 9.17. The van der Waals surface area contributed by atoms with Gasteiger partial charge in [0.1, 0.15) is 42.4 Å². The van der Waals surface area contributed by atoms with Crippen LogP contribution in [0, 0.1) is 10.1 Å². The highest BCUT2D eigenvalue weighted by Crippen LogP contribution is 2.41. The molecule has 1 heterocycles. The number of hydrogen-bond donors (Lipinski definition) is 2. The molecule has 1 aliphatic rings. The van der Waals surface area contributed by atoms with Gasteiger partial charge >= 0.3 is 0 Å². The molecule has 0 saturated heterocycles. The second-order valence-electron chi connectivity index (χ2n) is 7.00. The maximum Gasteiger partial charge on any atom is 0.270 e. The molecule has 2 atom stereocenters. The van der Waals surface area contributed by atoms with E-state index in [-0.39, 0.29) is 31.9 Å². The first kappa shape index (κ1) is 22.4. The molecular formula is C20H26N2O7. The van der Waals surface area contributed by atoms with Gasteiger partial charge < -0.3 is 29.4 Å². The van der Waals surface area contributed by atoms with Gasteiger partial charge in [-0.2, -0.15) is 0 Å². The topological polar surface area (TPSA) is 120 Å². The summed E-state index contributed by atoms with van der Waals surface area (Å²) in [5, 5.41) is 25.1. The molecule has 0 aliphatic carbocycles. The van der Waals surface area contributed by atoms with Crippen LogP contribution in [0.25, 0.3) is 0 Å². The van der Waals surface area contributed by atoms with Crippen LogP contribution >= 0.6 is 0 Å². The van der Waals surface area contributed by atoms with Crippen molar-refractivity contribution in [3.05, 3.63) is 58.6 Å². The van der Waals surface area contributed by atoms with Crippen LogP contribution in [-0.4, -0.2) is 47.8 Å². The van der Waals surface area contributed by atoms with Gasteiger partial charge in [-0.3, -0.25) is 10.1 Å². The number of fused-ring (bicyclic) bond motifs is 1. The molecule has 0 bridgehead atoms. The van der Waals surface area contributed by atoms with Crippen LogP contribution in [0.1, 0.15) is 31.9 Å². The summed E-state index contributed by atoms with van der Waals surface area (Å²) in [6.45, 7) is 7.71. The Hall–Kier alpha value is -2.91. The van der Waals surface area contributed by atoms with Gasteiger partial charge in [0, 0.05) is 24.1 Å². The van der Waals surface area contributed by atoms with E-state index in [0.717, 1.165) is 6.29 Å². The van der Waals surface area contributed by atoms with Crippen molar-refractivity contribution in [3.63, 3.8) is 0 Å². The van der Waals surface area contributed by atoms with Gasteiger partial charge in [-0.05, 0) is 19.9 Å². The first-order valence-corrected chi connectivity index (χ1v) is 9.17. The molecule has 2 N–H and O–H groups in total. The minimum Gasteiger partial charge on any atom is -0.497 e. The quantitative estimate of drug-likeness (QED) is 0.144. The number of nitro benzene ring substituents is 1. The standard InChI is InChI=1S/C20H26N2O7/c1-4-9-28-15(13-27-10-5-8-23)12-21-18-16-11-14(22(25)26)6-7-17(16)29-20(2,3)19(18)24/h4,6-8,11,13,18-19,21,24H,1,5,9-10,12H2,2-3H3/b15-13-. The maximum atomic E-state index is 11.2. The van der Waals surface area contributed by atoms with Crippen LogP contribution in [0.3, 0.4) is 0 Å². The first-order chi connectivity index (χ1) is 13.8. The fourth-order valence-corrected chi connectivity index (χ4v) is 2.89. The van der Waals surface area contributed by atoms with E-state index in [1.165, 1.54) is 24.5 Å². The third-order valence-electron chi connectivity index (χ3n) is 4.39. The third kappa shape index (κ3) is 5.78. The third-order valence-corrected chi connectivity index (χ3v) is 4.39. The smallest absolute Gasteiger partial charge is 0.270 e. The Balaban J connectivity index is 2.23. The molecule has 158 valence electrons. The number of nitro groups is 1. The predicted octanol–water partition coefficient (Wildman–Crippen LogP) is 2.41. The summed E-state index contributed by atoms with van der Waals surface area (Å²) in [7, 11) is 0. The summed E-state index contributed by atoms with van der Waals surface area (Å²) >= 11 is 0. The van der Waals surface area contributed by atoms with Gasteiger partial charge in [0.05, 0.1) is 24.1 Å². The Morgan fingerprint density at radius 3 is 2.90 bits per heavy atom. The SMILES string of the molecule is C=CCO/C(=C\OCCC=O)CNC1c2cc([N+](=O)[O-])ccc2OC(C)(C)C1O. The number of nitrogens with one attached hydrogen (secondary N) is 1. The van der Waals surface area contributed by atoms with E-state index in [0.29, 0.717) is 17.1 Å². The number of carbonyl (C=O) groups is 1. The molecule has 1 aromatic rings. The van der Waals surface area contributed by atoms with Crippen molar-refractivity contribution in [1.82, 2.24) is 5.32 Å². The molecule has 2 rings (SSSR count). The number of rotatable bonds is 11. The van der Waals surface area contributed by atoms with Crippen LogP contribution < -0.4 is 10.1 Å². The number of ether oxygens (including phenoxy) is 3. The summed E-state index contributed by atoms with van der Waals surface area (Å²) in [4.78, 5) is 21.1. The van der Waals surface area contributed by atoms with E-state index in [2.05, 4.69) is 11.9 Å². The van der Waals surface area contributed by atoms with Gasteiger partial charge in [0.15, 0.2) is 0 Å². The number of non-ortho nitro benzene ring substituents is 1. The van der Waals surface area contributed by atoms with E-state index in [4.69, 9.17) is 14.2 Å². The summed E-state index contributed by atoms with van der Waals surface area (Å²) in [6.07, 6.45) is 2.99. The number of aliphatic hydroxyl groups excluding tert-OH is 1. The highest BCUT2D eigenvalue weighted by molar-refractivity contribution is 5.49. The lowest BCUT2D eigenvalue weighted by Crippen LogP contribution is -2.52. The van der Waals surface area contributed by atoms with Crippen LogP contribution in [0.5, 0.6) is 5.75 Å². The fourth-order valence-electron chi connectivity index (χ4n) is 2.89. The average Bonchev–Trinajstić information content (AvgIpc) is 2.68. The van der Waals surface area contributed by atoms with Crippen LogP contribution in [0.2, 0.25) is 0 Å². The van der Waals surface area contributed by atoms with Crippen molar-refractivity contribution < 1.29 is 29.0 Å². The fraction of sp³-hybridized carbons (Fsp3) is 0.450. The predicted molar refractivity (Wildman–Crippen MR) is 105 cm³/mol. The molecule has 2 unspecified atom stereocenters. The Labute approximate surface area is 169 Å². The molecule has 0 amide bonds. The van der Waals surface area contributed by atoms with E-state index in [1.54, 1.807) is 19.9 Å². The molecule has 1 aromatic carbocycles. The summed E-state index contributed by atoms with van der Waals surface area (Å²) in [6, 6.07) is 3.64. The van der Waals surface area contributed by atoms with Crippen LogP contribution in [-0.2, 0) is 14.3 Å². The van der Waals surface area contributed by atoms with Crippen molar-refractivity contribution in [2.75, 3.05) is 19.8 Å². The Morgan fingerprint density at radius 2 is 2.24 bits per heavy atom. The largest absolute Gasteiger partial charge is 0.497 e. The summed E-state index contributed by atoms with van der Waals surface area (Å²) in [5.41, 5.74) is -0.523. The number of aldehydes is 1. The maximum absolute atomic E-state index is 11.2. The molecule has 0 radical (unpaired) electrons. The Bertz CT molecular complexity index is 776. The van der Waals surface area contributed by atoms with Gasteiger partial charge in [0.2, 0.25) is 0 Å². The molecular weight excluding hydrogens is 380 g/mol. The minimum atomic E-state index is -0.978. The van der Waals surface area contributed by atoms with Gasteiger partial charge in [-0.1, -0.05) is 12.7 Å². The zero-order valence-corrected chi connectivity index (χ0v) is 16.5. The van der Waals surface area contributed by atoms with E-state index < -0.39 is 22.7 Å². The van der Waals surface area contributed by atoms with E-state index in [9.17, 15) is 20.0 Å². The van der Waals surface area contributed by atoms with Crippen molar-refractivity contribution in [2.24, 2.45) is 0 Å². The lowest BCUT2D eigenvalue weighted by molar-refractivity contribution is -0.385. The lowest BCUT2D eigenvalue weighted by Gasteiger charge is -2.42. The van der Waals surface area contributed by atoms with E-state index >= 15 is 0 Å². The number of nitrogens with zero attached hydrogens (tertiary/aromatic N) is 1. The number of aliphatic hydroxyl groups is 1. The monoisotopic (exact) mass is 406 g/mol. The highest BCUT2D eigenvalue weighted by Gasteiger charge is 2.43. The normalized spacial score (nSPS) is 20.2. The van der Waals surface area contributed by atoms with Crippen LogP contribution in [0.4, 0.5) is 5.69 Å². The second kappa shape index (κ2) is 10.0. The number of hydrogen-bond acceptors (Lipinski definition) is 8. The molecule has 9 nitrogen and oxygen atoms in total. The molecule has 0 fully saturated rings. The zero-order chi connectivity index (χ0) is 21.4.